The molecule has 32 heavy (non-hydrogen) atoms. The lowest BCUT2D eigenvalue weighted by Crippen LogP contribution is -2.53. The van der Waals surface area contributed by atoms with Crippen LogP contribution in [0.3, 0.4) is 0 Å². The Kier molecular flexibility index (Phi) is 8.54. The Bertz CT molecular complexity index is 844. The van der Waals surface area contributed by atoms with E-state index in [4.69, 9.17) is 0 Å². The Balaban J connectivity index is 1.44. The molecule has 0 N–H and O–H groups in total. The molecule has 2 heterocycles. The lowest BCUT2D eigenvalue weighted by molar-refractivity contribution is -0.174. The number of halogens is 3. The summed E-state index contributed by atoms with van der Waals surface area (Å²) in [5.74, 6) is -0.379. The van der Waals surface area contributed by atoms with E-state index in [-0.39, 0.29) is 29.9 Å². The molecule has 2 aliphatic heterocycles. The van der Waals surface area contributed by atoms with Crippen LogP contribution in [0.4, 0.5) is 13.2 Å². The van der Waals surface area contributed by atoms with Crippen molar-refractivity contribution in [1.82, 2.24) is 14.1 Å². The molecule has 1 aromatic rings. The molecule has 0 spiro atoms. The van der Waals surface area contributed by atoms with Crippen LogP contribution in [0, 0.1) is 5.92 Å². The van der Waals surface area contributed by atoms with E-state index in [0.717, 1.165) is 0 Å². The molecule has 2 aliphatic rings. The quantitative estimate of drug-likeness (QED) is 0.537. The number of amides is 1. The molecule has 2 saturated heterocycles. The Morgan fingerprint density at radius 1 is 1.06 bits per heavy atom. The molecule has 1 atom stereocenters. The standard InChI is InChI=1S/C21H30F3N3O4S/c22-21(23,24)17-31-15-5-9-25-11-13-26(14-12-25)20(28)18-6-4-10-27(16-18)32(29,30)19-7-2-1-3-8-19/h1-3,7-8,18H,4-6,9-17H2. The Labute approximate surface area is 187 Å². The second-order valence-corrected chi connectivity index (χ2v) is 10.1. The van der Waals surface area contributed by atoms with Crippen LogP contribution < -0.4 is 0 Å². The molecule has 7 nitrogen and oxygen atoms in total. The molecule has 180 valence electrons. The van der Waals surface area contributed by atoms with Gasteiger partial charge in [-0.25, -0.2) is 8.42 Å². The van der Waals surface area contributed by atoms with Gasteiger partial charge in [-0.05, 0) is 31.4 Å². The minimum absolute atomic E-state index is 0.0221. The summed E-state index contributed by atoms with van der Waals surface area (Å²) in [6, 6.07) is 8.25. The smallest absolute Gasteiger partial charge is 0.372 e. The number of rotatable bonds is 8. The van der Waals surface area contributed by atoms with E-state index in [0.29, 0.717) is 58.5 Å². The van der Waals surface area contributed by atoms with Crippen molar-refractivity contribution in [3.63, 3.8) is 0 Å². The normalized spacial score (nSPS) is 21.6. The molecule has 0 aromatic heterocycles. The van der Waals surface area contributed by atoms with Gasteiger partial charge < -0.3 is 9.64 Å². The highest BCUT2D eigenvalue weighted by Crippen LogP contribution is 2.25. The van der Waals surface area contributed by atoms with Crippen LogP contribution in [0.1, 0.15) is 19.3 Å². The van der Waals surface area contributed by atoms with Crippen LogP contribution in [0.15, 0.2) is 35.2 Å². The minimum atomic E-state index is -4.30. The first-order valence-corrected chi connectivity index (χ1v) is 12.3. The van der Waals surface area contributed by atoms with E-state index in [1.807, 2.05) is 0 Å². The van der Waals surface area contributed by atoms with E-state index in [1.54, 1.807) is 35.2 Å². The van der Waals surface area contributed by atoms with Gasteiger partial charge in [0.05, 0.1) is 10.8 Å². The topological polar surface area (TPSA) is 70.2 Å². The molecule has 3 rings (SSSR count). The first kappa shape index (κ1) is 24.9. The lowest BCUT2D eigenvalue weighted by atomic mass is 9.97. The van der Waals surface area contributed by atoms with Gasteiger partial charge in [-0.15, -0.1) is 0 Å². The lowest BCUT2D eigenvalue weighted by Gasteiger charge is -2.38. The number of carbonyl (C=O) groups excluding carboxylic acids is 1. The average Bonchev–Trinajstić information content (AvgIpc) is 2.79. The van der Waals surface area contributed by atoms with Gasteiger partial charge in [0.2, 0.25) is 15.9 Å². The maximum absolute atomic E-state index is 13.0. The van der Waals surface area contributed by atoms with E-state index < -0.39 is 22.8 Å². The SMILES string of the molecule is O=C(C1CCCN(S(=O)(=O)c2ccccc2)C1)N1CCN(CCCOCC(F)(F)F)CC1. The highest BCUT2D eigenvalue weighted by atomic mass is 32.2. The number of piperidine rings is 1. The van der Waals surface area contributed by atoms with Gasteiger partial charge in [-0.3, -0.25) is 9.69 Å². The molecular formula is C21H30F3N3O4S. The summed E-state index contributed by atoms with van der Waals surface area (Å²) in [6.07, 6.45) is -2.50. The van der Waals surface area contributed by atoms with Crippen molar-refractivity contribution < 1.29 is 31.1 Å². The minimum Gasteiger partial charge on any atom is -0.372 e. The highest BCUT2D eigenvalue weighted by Gasteiger charge is 2.35. The van der Waals surface area contributed by atoms with Gasteiger partial charge in [0.15, 0.2) is 0 Å². The zero-order chi connectivity index (χ0) is 23.2. The second-order valence-electron chi connectivity index (χ2n) is 8.20. The van der Waals surface area contributed by atoms with E-state index in [1.165, 1.54) is 4.31 Å². The highest BCUT2D eigenvalue weighted by molar-refractivity contribution is 7.89. The second kappa shape index (κ2) is 11.0. The fourth-order valence-electron chi connectivity index (χ4n) is 4.13. The molecule has 11 heteroatoms. The molecule has 1 amide bonds. The summed E-state index contributed by atoms with van der Waals surface area (Å²) in [4.78, 5) is 17.1. The molecule has 2 fully saturated rings. The van der Waals surface area contributed by atoms with Crippen molar-refractivity contribution in [2.45, 2.75) is 30.3 Å². The van der Waals surface area contributed by atoms with E-state index >= 15 is 0 Å². The third-order valence-electron chi connectivity index (χ3n) is 5.83. The van der Waals surface area contributed by atoms with Gasteiger partial charge >= 0.3 is 6.18 Å². The third kappa shape index (κ3) is 6.90. The molecule has 0 aliphatic carbocycles. The Morgan fingerprint density at radius 3 is 2.41 bits per heavy atom. The Hall–Kier alpha value is -1.69. The van der Waals surface area contributed by atoms with Crippen molar-refractivity contribution in [3.05, 3.63) is 30.3 Å². The maximum atomic E-state index is 13.0. The van der Waals surface area contributed by atoms with Gasteiger partial charge in [-0.1, -0.05) is 18.2 Å². The van der Waals surface area contributed by atoms with Crippen LogP contribution in [-0.2, 0) is 19.6 Å². The number of hydrogen-bond donors (Lipinski definition) is 0. The van der Waals surface area contributed by atoms with Gasteiger partial charge in [0, 0.05) is 52.4 Å². The van der Waals surface area contributed by atoms with Gasteiger partial charge in [0.1, 0.15) is 6.61 Å². The first-order valence-electron chi connectivity index (χ1n) is 10.9. The van der Waals surface area contributed by atoms with Crippen molar-refractivity contribution in [2.24, 2.45) is 5.92 Å². The molecule has 0 radical (unpaired) electrons. The molecule has 0 bridgehead atoms. The molecule has 1 unspecified atom stereocenters. The average molecular weight is 478 g/mol. The zero-order valence-corrected chi connectivity index (χ0v) is 18.8. The summed E-state index contributed by atoms with van der Waals surface area (Å²) >= 11 is 0. The summed E-state index contributed by atoms with van der Waals surface area (Å²) < 4.78 is 68.1. The van der Waals surface area contributed by atoms with Crippen molar-refractivity contribution >= 4 is 15.9 Å². The van der Waals surface area contributed by atoms with Crippen LogP contribution in [0.25, 0.3) is 0 Å². The number of nitrogens with zero attached hydrogens (tertiary/aromatic N) is 3. The first-order chi connectivity index (χ1) is 15.2. The van der Waals surface area contributed by atoms with Crippen LogP contribution in [0.5, 0.6) is 0 Å². The van der Waals surface area contributed by atoms with E-state index in [9.17, 15) is 26.4 Å². The number of piperazine rings is 1. The number of hydrogen-bond acceptors (Lipinski definition) is 5. The zero-order valence-electron chi connectivity index (χ0n) is 18.0. The monoisotopic (exact) mass is 477 g/mol. The fourth-order valence-corrected chi connectivity index (χ4v) is 5.68. The van der Waals surface area contributed by atoms with Crippen LogP contribution in [-0.4, -0.2) is 93.6 Å². The summed E-state index contributed by atoms with van der Waals surface area (Å²) in [6.45, 7) is 2.38. The van der Waals surface area contributed by atoms with Crippen molar-refractivity contribution in [1.29, 1.82) is 0 Å². The van der Waals surface area contributed by atoms with Crippen molar-refractivity contribution in [2.75, 3.05) is 59.0 Å². The number of benzene rings is 1. The summed E-state index contributed by atoms with van der Waals surface area (Å²) in [7, 11) is -3.62. The van der Waals surface area contributed by atoms with E-state index in [2.05, 4.69) is 9.64 Å². The van der Waals surface area contributed by atoms with Crippen LogP contribution >= 0.6 is 0 Å². The Morgan fingerprint density at radius 2 is 1.75 bits per heavy atom. The number of alkyl halides is 3. The van der Waals surface area contributed by atoms with Gasteiger partial charge in [0.25, 0.3) is 0 Å². The number of sulfonamides is 1. The van der Waals surface area contributed by atoms with Crippen LogP contribution in [0.2, 0.25) is 0 Å². The molecule has 0 saturated carbocycles. The predicted molar refractivity (Wildman–Crippen MR) is 112 cm³/mol. The predicted octanol–water partition coefficient (Wildman–Crippen LogP) is 2.20. The van der Waals surface area contributed by atoms with Crippen molar-refractivity contribution in [3.8, 4) is 0 Å². The fraction of sp³-hybridized carbons (Fsp3) is 0.667. The number of ether oxygens (including phenoxy) is 1. The molecular weight excluding hydrogens is 447 g/mol. The largest absolute Gasteiger partial charge is 0.411 e. The van der Waals surface area contributed by atoms with Gasteiger partial charge in [-0.2, -0.15) is 17.5 Å². The third-order valence-corrected chi connectivity index (χ3v) is 7.71. The summed E-state index contributed by atoms with van der Waals surface area (Å²) in [5.41, 5.74) is 0. The maximum Gasteiger partial charge on any atom is 0.411 e. The molecule has 1 aromatic carbocycles. The summed E-state index contributed by atoms with van der Waals surface area (Å²) in [5, 5.41) is 0. The number of carbonyl (C=O) groups is 1.